The molecule has 0 amide bonds. The summed E-state index contributed by atoms with van der Waals surface area (Å²) in [7, 11) is 3.98. The summed E-state index contributed by atoms with van der Waals surface area (Å²) in [5.74, 6) is 2.07. The fourth-order valence-electron chi connectivity index (χ4n) is 6.24. The van der Waals surface area contributed by atoms with Crippen LogP contribution in [-0.4, -0.2) is 19.1 Å². The Labute approximate surface area is 270 Å². The normalized spacial score (nSPS) is 11.6. The molecule has 0 aliphatic carbocycles. The van der Waals surface area contributed by atoms with Gasteiger partial charge in [0.1, 0.15) is 34.7 Å². The third kappa shape index (κ3) is 6.30. The molecule has 234 valence electrons. The first-order valence-corrected chi connectivity index (χ1v) is 15.9. The van der Waals surface area contributed by atoms with E-state index >= 15 is 0 Å². The van der Waals surface area contributed by atoms with Crippen molar-refractivity contribution in [3.05, 3.63) is 120 Å². The van der Waals surface area contributed by atoms with Crippen LogP contribution in [0.1, 0.15) is 38.8 Å². The second-order valence-corrected chi connectivity index (χ2v) is 13.0. The van der Waals surface area contributed by atoms with Crippen LogP contribution in [0.4, 0.5) is 8.78 Å². The highest BCUT2D eigenvalue weighted by Gasteiger charge is 2.27. The highest BCUT2D eigenvalue weighted by Crippen LogP contribution is 2.41. The molecular weight excluding hydrogens is 574 g/mol. The van der Waals surface area contributed by atoms with Gasteiger partial charge in [-0.3, -0.25) is 0 Å². The van der Waals surface area contributed by atoms with Crippen molar-refractivity contribution in [1.29, 1.82) is 0 Å². The summed E-state index contributed by atoms with van der Waals surface area (Å²) in [5.41, 5.74) is 9.14. The van der Waals surface area contributed by atoms with Crippen molar-refractivity contribution in [2.45, 2.75) is 40.5 Å². The second kappa shape index (κ2) is 12.9. The number of imidazole rings is 2. The fourth-order valence-corrected chi connectivity index (χ4v) is 6.24. The van der Waals surface area contributed by atoms with Gasteiger partial charge in [0, 0.05) is 36.3 Å². The topological polar surface area (TPSA) is 35.6 Å². The van der Waals surface area contributed by atoms with Crippen LogP contribution < -0.4 is 0 Å². The smallest absolute Gasteiger partial charge is 0.140 e. The molecule has 0 radical (unpaired) electrons. The second-order valence-electron chi connectivity index (χ2n) is 13.0. The van der Waals surface area contributed by atoms with Gasteiger partial charge in [-0.1, -0.05) is 76.2 Å². The van der Waals surface area contributed by atoms with E-state index in [2.05, 4.69) is 85.4 Å². The molecule has 0 spiro atoms. The minimum atomic E-state index is -0.304. The van der Waals surface area contributed by atoms with E-state index in [1.165, 1.54) is 35.4 Å². The lowest BCUT2D eigenvalue weighted by Gasteiger charge is -2.10. The zero-order valence-corrected chi connectivity index (χ0v) is 27.4. The molecular formula is C40H40F2N4. The Hall–Kier alpha value is -4.84. The van der Waals surface area contributed by atoms with Crippen molar-refractivity contribution in [1.82, 2.24) is 19.1 Å². The van der Waals surface area contributed by atoms with Crippen molar-refractivity contribution in [3.63, 3.8) is 0 Å². The summed E-state index contributed by atoms with van der Waals surface area (Å²) in [5, 5.41) is 0. The summed E-state index contributed by atoms with van der Waals surface area (Å²) in [6.45, 7) is 8.86. The van der Waals surface area contributed by atoms with E-state index in [-0.39, 0.29) is 11.6 Å². The first-order valence-electron chi connectivity index (χ1n) is 15.9. The van der Waals surface area contributed by atoms with Crippen molar-refractivity contribution < 1.29 is 8.78 Å². The number of aromatic nitrogens is 4. The minimum absolute atomic E-state index is 0.304. The monoisotopic (exact) mass is 614 g/mol. The maximum atomic E-state index is 14.1. The zero-order chi connectivity index (χ0) is 32.5. The number of nitrogens with zero attached hydrogens (tertiary/aromatic N) is 4. The quantitative estimate of drug-likeness (QED) is 0.162. The van der Waals surface area contributed by atoms with Crippen LogP contribution >= 0.6 is 0 Å². The summed E-state index contributed by atoms with van der Waals surface area (Å²) in [6, 6.07) is 30.1. The SMILES string of the molecule is CC(C)Cc1ccc(-c2nc(-c3nc(-c4ccc(CC(C)C)cc4)n(C)c3-c3ccc(F)cc3)c(-c3ccc(F)cc3)n2C)cc1. The van der Waals surface area contributed by atoms with Crippen LogP contribution in [0, 0.1) is 23.5 Å². The summed E-state index contributed by atoms with van der Waals surface area (Å²) >= 11 is 0. The van der Waals surface area contributed by atoms with Crippen LogP contribution in [-0.2, 0) is 26.9 Å². The van der Waals surface area contributed by atoms with E-state index in [9.17, 15) is 8.78 Å². The van der Waals surface area contributed by atoms with Gasteiger partial charge in [0.2, 0.25) is 0 Å². The minimum Gasteiger partial charge on any atom is -0.327 e. The van der Waals surface area contributed by atoms with Crippen molar-refractivity contribution in [3.8, 4) is 56.7 Å². The molecule has 6 aromatic rings. The van der Waals surface area contributed by atoms with Gasteiger partial charge in [-0.2, -0.15) is 0 Å². The van der Waals surface area contributed by atoms with Crippen LogP contribution in [0.5, 0.6) is 0 Å². The summed E-state index contributed by atoms with van der Waals surface area (Å²) in [4.78, 5) is 10.5. The molecule has 4 nitrogen and oxygen atoms in total. The Morgan fingerprint density at radius 3 is 1.09 bits per heavy atom. The van der Waals surface area contributed by atoms with Gasteiger partial charge in [-0.25, -0.2) is 18.7 Å². The molecule has 0 N–H and O–H groups in total. The molecule has 6 heteroatoms. The predicted octanol–water partition coefficient (Wildman–Crippen LogP) is 10.2. The summed E-state index contributed by atoms with van der Waals surface area (Å²) in [6.07, 6.45) is 2.01. The zero-order valence-electron chi connectivity index (χ0n) is 27.4. The van der Waals surface area contributed by atoms with Crippen LogP contribution in [0.25, 0.3) is 56.7 Å². The van der Waals surface area contributed by atoms with Crippen LogP contribution in [0.3, 0.4) is 0 Å². The van der Waals surface area contributed by atoms with E-state index in [4.69, 9.17) is 9.97 Å². The van der Waals surface area contributed by atoms with Gasteiger partial charge in [-0.15, -0.1) is 0 Å². The van der Waals surface area contributed by atoms with Gasteiger partial charge in [0.15, 0.2) is 0 Å². The lowest BCUT2D eigenvalue weighted by atomic mass is 10.0. The molecule has 0 saturated carbocycles. The number of rotatable bonds is 9. The van der Waals surface area contributed by atoms with Crippen LogP contribution in [0.15, 0.2) is 97.1 Å². The maximum Gasteiger partial charge on any atom is 0.140 e. The van der Waals surface area contributed by atoms with E-state index in [0.717, 1.165) is 58.1 Å². The molecule has 2 heterocycles. The third-order valence-electron chi connectivity index (χ3n) is 8.36. The lowest BCUT2D eigenvalue weighted by molar-refractivity contribution is 0.627. The first kappa shape index (κ1) is 31.2. The van der Waals surface area contributed by atoms with Gasteiger partial charge in [0.05, 0.1) is 11.4 Å². The number of halogens is 2. The maximum absolute atomic E-state index is 14.1. The number of hydrogen-bond donors (Lipinski definition) is 0. The standard InChI is InChI=1S/C40H40F2N4/c1-25(2)23-27-7-11-31(12-8-27)39-43-35(37(45(39)5)29-15-19-33(41)20-16-29)36-38(30-17-21-34(42)22-18-30)46(6)40(44-36)32-13-9-28(10-14-32)24-26(3)4/h7-22,25-26H,23-24H2,1-6H3. The molecule has 0 bridgehead atoms. The predicted molar refractivity (Wildman–Crippen MR) is 184 cm³/mol. The van der Waals surface area contributed by atoms with Crippen molar-refractivity contribution in [2.24, 2.45) is 25.9 Å². The molecule has 2 aromatic heterocycles. The third-order valence-corrected chi connectivity index (χ3v) is 8.36. The molecule has 4 aromatic carbocycles. The molecule has 6 rings (SSSR count). The Bertz CT molecular complexity index is 1800. The largest absolute Gasteiger partial charge is 0.327 e. The molecule has 0 atom stereocenters. The molecule has 0 saturated heterocycles. The Morgan fingerprint density at radius 1 is 0.478 bits per heavy atom. The van der Waals surface area contributed by atoms with E-state index in [1.807, 2.05) is 14.1 Å². The lowest BCUT2D eigenvalue weighted by Crippen LogP contribution is -1.98. The highest BCUT2D eigenvalue weighted by molar-refractivity contribution is 5.89. The average molecular weight is 615 g/mol. The first-order chi connectivity index (χ1) is 22.1. The van der Waals surface area contributed by atoms with Crippen molar-refractivity contribution >= 4 is 0 Å². The number of benzene rings is 4. The van der Waals surface area contributed by atoms with E-state index < -0.39 is 0 Å². The van der Waals surface area contributed by atoms with Gasteiger partial charge in [0.25, 0.3) is 0 Å². The molecule has 0 unspecified atom stereocenters. The summed E-state index contributed by atoms with van der Waals surface area (Å²) < 4.78 is 32.4. The van der Waals surface area contributed by atoms with E-state index in [1.54, 1.807) is 24.3 Å². The Morgan fingerprint density at radius 2 is 0.783 bits per heavy atom. The molecule has 46 heavy (non-hydrogen) atoms. The highest BCUT2D eigenvalue weighted by atomic mass is 19.1. The Balaban J connectivity index is 1.58. The molecule has 0 aliphatic heterocycles. The van der Waals surface area contributed by atoms with Gasteiger partial charge >= 0.3 is 0 Å². The van der Waals surface area contributed by atoms with Gasteiger partial charge < -0.3 is 9.13 Å². The number of hydrogen-bond acceptors (Lipinski definition) is 2. The molecule has 0 fully saturated rings. The van der Waals surface area contributed by atoms with Gasteiger partial charge in [-0.05, 0) is 84.3 Å². The molecule has 0 aliphatic rings. The van der Waals surface area contributed by atoms with Crippen molar-refractivity contribution in [2.75, 3.05) is 0 Å². The average Bonchev–Trinajstić information content (AvgIpc) is 3.55. The Kier molecular flexibility index (Phi) is 8.72. The van der Waals surface area contributed by atoms with E-state index in [0.29, 0.717) is 23.2 Å². The van der Waals surface area contributed by atoms with Crippen LogP contribution in [0.2, 0.25) is 0 Å². The fraction of sp³-hybridized carbons (Fsp3) is 0.250.